The molecule has 0 amide bonds. The molecule has 0 atom stereocenters. The highest BCUT2D eigenvalue weighted by Gasteiger charge is 2.12. The molecule has 0 saturated heterocycles. The van der Waals surface area contributed by atoms with Crippen LogP contribution in [0.25, 0.3) is 15.9 Å². The molecule has 0 radical (unpaired) electrons. The lowest BCUT2D eigenvalue weighted by atomic mass is 10.2. The summed E-state index contributed by atoms with van der Waals surface area (Å²) in [6, 6.07) is 3.25. The van der Waals surface area contributed by atoms with Gasteiger partial charge in [0.2, 0.25) is 0 Å². The van der Waals surface area contributed by atoms with Gasteiger partial charge in [-0.2, -0.15) is 0 Å². The lowest BCUT2D eigenvalue weighted by Crippen LogP contribution is -2.13. The molecule has 0 fully saturated rings. The number of rotatable bonds is 0. The number of hydrogen-bond donors (Lipinski definition) is 0. The van der Waals surface area contributed by atoms with Crippen molar-refractivity contribution >= 4 is 50.4 Å². The minimum Gasteiger partial charge on any atom is -0.268 e. The summed E-state index contributed by atoms with van der Waals surface area (Å²) in [5.74, 6) is 0. The van der Waals surface area contributed by atoms with Crippen LogP contribution in [-0.2, 0) is 0 Å². The molecule has 0 bridgehead atoms. The zero-order valence-electron chi connectivity index (χ0n) is 7.78. The summed E-state index contributed by atoms with van der Waals surface area (Å²) >= 11 is 13.4. The molecule has 1 aromatic carbocycles. The second kappa shape index (κ2) is 3.45. The zero-order valence-corrected chi connectivity index (χ0v) is 10.1. The molecule has 3 aromatic rings. The van der Waals surface area contributed by atoms with Crippen molar-refractivity contribution in [1.29, 1.82) is 0 Å². The van der Waals surface area contributed by atoms with E-state index in [-0.39, 0.29) is 5.56 Å². The number of hydrogen-bond acceptors (Lipinski definition) is 3. The van der Waals surface area contributed by atoms with Crippen molar-refractivity contribution in [3.05, 3.63) is 44.1 Å². The quantitative estimate of drug-likeness (QED) is 0.629. The van der Waals surface area contributed by atoms with E-state index in [0.29, 0.717) is 25.9 Å². The van der Waals surface area contributed by atoms with E-state index in [1.165, 1.54) is 15.7 Å². The third-order valence-corrected chi connectivity index (χ3v) is 3.68. The van der Waals surface area contributed by atoms with E-state index in [2.05, 4.69) is 4.98 Å². The van der Waals surface area contributed by atoms with Crippen LogP contribution in [0, 0.1) is 0 Å². The molecule has 6 heteroatoms. The van der Waals surface area contributed by atoms with Gasteiger partial charge in [-0.25, -0.2) is 4.98 Å². The predicted molar refractivity (Wildman–Crippen MR) is 66.9 cm³/mol. The summed E-state index contributed by atoms with van der Waals surface area (Å²) in [6.45, 7) is 0. The molecule has 0 spiro atoms. The fraction of sp³-hybridized carbons (Fsp3) is 0. The number of aromatic nitrogens is 2. The Labute approximate surface area is 104 Å². The standard InChI is InChI=1S/C10H4Cl2N2OS/c11-5-1-2-6(12)8-7(5)9(15)14-3-4-16-10(14)13-8/h1-4H. The average Bonchev–Trinajstić information content (AvgIpc) is 2.72. The van der Waals surface area contributed by atoms with Gasteiger partial charge in [0.1, 0.15) is 0 Å². The maximum Gasteiger partial charge on any atom is 0.267 e. The van der Waals surface area contributed by atoms with Crippen molar-refractivity contribution in [2.45, 2.75) is 0 Å². The Morgan fingerprint density at radius 2 is 2.00 bits per heavy atom. The topological polar surface area (TPSA) is 34.4 Å². The monoisotopic (exact) mass is 270 g/mol. The van der Waals surface area contributed by atoms with Crippen molar-refractivity contribution in [1.82, 2.24) is 9.38 Å². The molecule has 80 valence electrons. The summed E-state index contributed by atoms with van der Waals surface area (Å²) in [5, 5.41) is 2.97. The molecule has 2 aromatic heterocycles. The number of halogens is 2. The predicted octanol–water partition coefficient (Wildman–Crippen LogP) is 3.22. The molecule has 2 heterocycles. The highest BCUT2D eigenvalue weighted by atomic mass is 35.5. The molecule has 16 heavy (non-hydrogen) atoms. The Kier molecular flexibility index (Phi) is 2.17. The van der Waals surface area contributed by atoms with Crippen molar-refractivity contribution in [2.24, 2.45) is 0 Å². The Morgan fingerprint density at radius 3 is 2.81 bits per heavy atom. The zero-order chi connectivity index (χ0) is 11.3. The molecule has 0 unspecified atom stereocenters. The molecule has 0 saturated carbocycles. The smallest absolute Gasteiger partial charge is 0.267 e. The molecular weight excluding hydrogens is 267 g/mol. The maximum atomic E-state index is 12.1. The van der Waals surface area contributed by atoms with Gasteiger partial charge in [0.15, 0.2) is 4.96 Å². The number of fused-ring (bicyclic) bond motifs is 2. The molecule has 0 N–H and O–H groups in total. The van der Waals surface area contributed by atoms with Gasteiger partial charge >= 0.3 is 0 Å². The summed E-state index contributed by atoms with van der Waals surface area (Å²) in [7, 11) is 0. The van der Waals surface area contributed by atoms with E-state index in [1.54, 1.807) is 23.7 Å². The molecule has 0 aliphatic carbocycles. The minimum absolute atomic E-state index is 0.186. The fourth-order valence-electron chi connectivity index (χ4n) is 1.58. The van der Waals surface area contributed by atoms with Gasteiger partial charge in [0, 0.05) is 11.6 Å². The lowest BCUT2D eigenvalue weighted by Gasteiger charge is -2.02. The van der Waals surface area contributed by atoms with Crippen molar-refractivity contribution in [3.63, 3.8) is 0 Å². The van der Waals surface area contributed by atoms with Crippen LogP contribution in [0.1, 0.15) is 0 Å². The van der Waals surface area contributed by atoms with Gasteiger partial charge in [0.05, 0.1) is 20.9 Å². The van der Waals surface area contributed by atoms with E-state index in [9.17, 15) is 4.79 Å². The molecule has 0 aliphatic rings. The second-order valence-electron chi connectivity index (χ2n) is 3.23. The Balaban J connectivity index is 2.72. The summed E-state index contributed by atoms with van der Waals surface area (Å²) < 4.78 is 1.47. The van der Waals surface area contributed by atoms with Crippen LogP contribution < -0.4 is 5.56 Å². The maximum absolute atomic E-state index is 12.1. The molecule has 3 nitrogen and oxygen atoms in total. The van der Waals surface area contributed by atoms with Crippen LogP contribution >= 0.6 is 34.5 Å². The van der Waals surface area contributed by atoms with Gasteiger partial charge in [-0.05, 0) is 12.1 Å². The normalized spacial score (nSPS) is 11.4. The first-order chi connectivity index (χ1) is 7.68. The van der Waals surface area contributed by atoms with Crippen LogP contribution in [0.15, 0.2) is 28.5 Å². The van der Waals surface area contributed by atoms with Crippen molar-refractivity contribution < 1.29 is 0 Å². The van der Waals surface area contributed by atoms with E-state index in [4.69, 9.17) is 23.2 Å². The van der Waals surface area contributed by atoms with Crippen molar-refractivity contribution in [3.8, 4) is 0 Å². The molecular formula is C10H4Cl2N2OS. The second-order valence-corrected chi connectivity index (χ2v) is 4.91. The molecule has 3 rings (SSSR count). The van der Waals surface area contributed by atoms with E-state index < -0.39 is 0 Å². The Morgan fingerprint density at radius 1 is 1.25 bits per heavy atom. The van der Waals surface area contributed by atoms with Crippen LogP contribution in [-0.4, -0.2) is 9.38 Å². The van der Waals surface area contributed by atoms with E-state index in [0.717, 1.165) is 0 Å². The first-order valence-corrected chi connectivity index (χ1v) is 6.05. The Bertz CT molecular complexity index is 762. The lowest BCUT2D eigenvalue weighted by molar-refractivity contribution is 1.11. The highest BCUT2D eigenvalue weighted by molar-refractivity contribution is 7.15. The Hall–Kier alpha value is -1.10. The summed E-state index contributed by atoms with van der Waals surface area (Å²) in [4.78, 5) is 17.0. The van der Waals surface area contributed by atoms with Gasteiger partial charge in [0.25, 0.3) is 5.56 Å². The summed E-state index contributed by atoms with van der Waals surface area (Å²) in [6.07, 6.45) is 1.67. The SMILES string of the molecule is O=c1c2c(Cl)ccc(Cl)c2nc2sccn12. The number of nitrogens with zero attached hydrogens (tertiary/aromatic N) is 2. The van der Waals surface area contributed by atoms with Gasteiger partial charge in [-0.15, -0.1) is 11.3 Å². The highest BCUT2D eigenvalue weighted by Crippen LogP contribution is 2.26. The first kappa shape index (κ1) is 10.1. The van der Waals surface area contributed by atoms with E-state index >= 15 is 0 Å². The van der Waals surface area contributed by atoms with Crippen LogP contribution in [0.3, 0.4) is 0 Å². The first-order valence-electron chi connectivity index (χ1n) is 4.42. The van der Waals surface area contributed by atoms with Crippen molar-refractivity contribution in [2.75, 3.05) is 0 Å². The van der Waals surface area contributed by atoms with Crippen LogP contribution in [0.4, 0.5) is 0 Å². The average molecular weight is 271 g/mol. The van der Waals surface area contributed by atoms with Gasteiger partial charge < -0.3 is 0 Å². The van der Waals surface area contributed by atoms with Crippen LogP contribution in [0.5, 0.6) is 0 Å². The fourth-order valence-corrected chi connectivity index (χ4v) is 2.72. The third-order valence-electron chi connectivity index (χ3n) is 2.31. The summed E-state index contributed by atoms with van der Waals surface area (Å²) in [5.41, 5.74) is 0.273. The largest absolute Gasteiger partial charge is 0.268 e. The van der Waals surface area contributed by atoms with E-state index in [1.807, 2.05) is 0 Å². The third kappa shape index (κ3) is 1.27. The van der Waals surface area contributed by atoms with Gasteiger partial charge in [-0.3, -0.25) is 9.20 Å². The van der Waals surface area contributed by atoms with Crippen LogP contribution in [0.2, 0.25) is 10.0 Å². The van der Waals surface area contributed by atoms with Gasteiger partial charge in [-0.1, -0.05) is 23.2 Å². The number of benzene rings is 1. The minimum atomic E-state index is -0.186. The number of thiazole rings is 1. The molecule has 0 aliphatic heterocycles.